The second kappa shape index (κ2) is 6.11. The summed E-state index contributed by atoms with van der Waals surface area (Å²) in [6, 6.07) is 11.1. The van der Waals surface area contributed by atoms with Crippen LogP contribution >= 0.6 is 0 Å². The van der Waals surface area contributed by atoms with Crippen LogP contribution in [0.4, 0.5) is 10.1 Å². The van der Waals surface area contributed by atoms with E-state index in [2.05, 4.69) is 17.6 Å². The molecule has 1 fully saturated rings. The van der Waals surface area contributed by atoms with E-state index in [-0.39, 0.29) is 9.79 Å². The highest BCUT2D eigenvalue weighted by atomic mass is 32.2. The van der Waals surface area contributed by atoms with Crippen molar-refractivity contribution in [1.29, 1.82) is 0 Å². The number of nitrogens with one attached hydrogen (secondary N) is 2. The van der Waals surface area contributed by atoms with E-state index in [0.29, 0.717) is 18.0 Å². The maximum absolute atomic E-state index is 13.5. The third-order valence-corrected chi connectivity index (χ3v) is 6.97. The van der Waals surface area contributed by atoms with Crippen LogP contribution in [-0.4, -0.2) is 27.0 Å². The topological polar surface area (TPSA) is 58.2 Å². The molecule has 2 aliphatic heterocycles. The van der Waals surface area contributed by atoms with Gasteiger partial charge in [0.2, 0.25) is 9.84 Å². The average Bonchev–Trinajstić information content (AvgIpc) is 2.80. The lowest BCUT2D eigenvalue weighted by molar-refractivity contribution is 0.511. The molecule has 132 valence electrons. The zero-order valence-corrected chi connectivity index (χ0v) is 14.8. The van der Waals surface area contributed by atoms with E-state index in [0.717, 1.165) is 36.7 Å². The minimum absolute atomic E-state index is 0.00847. The third kappa shape index (κ3) is 2.93. The van der Waals surface area contributed by atoms with Crippen LogP contribution in [-0.2, 0) is 9.84 Å². The number of hydrogen-bond acceptors (Lipinski definition) is 4. The summed E-state index contributed by atoms with van der Waals surface area (Å²) in [6.07, 6.45) is 1.98. The average molecular weight is 360 g/mol. The second-order valence-electron chi connectivity index (χ2n) is 6.95. The molecule has 25 heavy (non-hydrogen) atoms. The molecule has 2 aromatic carbocycles. The van der Waals surface area contributed by atoms with E-state index in [9.17, 15) is 12.8 Å². The van der Waals surface area contributed by atoms with Gasteiger partial charge in [0.15, 0.2) is 0 Å². The lowest BCUT2D eigenvalue weighted by atomic mass is 9.89. The summed E-state index contributed by atoms with van der Waals surface area (Å²) in [4.78, 5) is 0.218. The van der Waals surface area contributed by atoms with Crippen LogP contribution in [0.1, 0.15) is 31.2 Å². The number of halogens is 1. The molecule has 0 aliphatic carbocycles. The van der Waals surface area contributed by atoms with Gasteiger partial charge in [-0.1, -0.05) is 6.07 Å². The Morgan fingerprint density at radius 1 is 1.12 bits per heavy atom. The van der Waals surface area contributed by atoms with Crippen molar-refractivity contribution in [3.05, 3.63) is 53.8 Å². The van der Waals surface area contributed by atoms with Crippen LogP contribution in [0, 0.1) is 5.82 Å². The Balaban J connectivity index is 1.75. The smallest absolute Gasteiger partial charge is 0.206 e. The van der Waals surface area contributed by atoms with Crippen LogP contribution in [0.25, 0.3) is 0 Å². The summed E-state index contributed by atoms with van der Waals surface area (Å²) in [7, 11) is -3.73. The number of rotatable bonds is 2. The monoisotopic (exact) mass is 360 g/mol. The standard InChI is InChI=1S/C19H21FN2O2S/c1-12-9-16-17-11-15(5-6-18(17)22-19(16)7-8-21-12)25(23,24)14-4-2-3-13(20)10-14/h2-6,10-12,16,19,21-22H,7-9H2,1H3/t12?,16-,19?/m0/s1. The minimum Gasteiger partial charge on any atom is -0.381 e. The molecule has 4 rings (SSSR count). The van der Waals surface area contributed by atoms with Crippen molar-refractivity contribution in [2.24, 2.45) is 0 Å². The fourth-order valence-electron chi connectivity index (χ4n) is 3.95. The zero-order chi connectivity index (χ0) is 17.6. The quantitative estimate of drug-likeness (QED) is 0.863. The normalized spacial score (nSPS) is 25.6. The first-order chi connectivity index (χ1) is 11.9. The Bertz CT molecular complexity index is 913. The summed E-state index contributed by atoms with van der Waals surface area (Å²) in [5.74, 6) is -0.254. The Labute approximate surface area is 147 Å². The molecule has 3 atom stereocenters. The molecule has 0 amide bonds. The maximum atomic E-state index is 13.5. The second-order valence-corrected chi connectivity index (χ2v) is 8.90. The van der Waals surface area contributed by atoms with E-state index in [1.807, 2.05) is 6.07 Å². The first kappa shape index (κ1) is 16.5. The molecular weight excluding hydrogens is 339 g/mol. The molecule has 2 unspecified atom stereocenters. The van der Waals surface area contributed by atoms with Crippen LogP contribution in [0.3, 0.4) is 0 Å². The fraction of sp³-hybridized carbons (Fsp3) is 0.368. The van der Waals surface area contributed by atoms with E-state index < -0.39 is 15.7 Å². The fourth-order valence-corrected chi connectivity index (χ4v) is 5.27. The molecule has 4 nitrogen and oxygen atoms in total. The predicted octanol–water partition coefficient (Wildman–Crippen LogP) is 3.31. The van der Waals surface area contributed by atoms with Gasteiger partial charge in [0.25, 0.3) is 0 Å². The molecule has 2 aliphatic rings. The Morgan fingerprint density at radius 3 is 2.72 bits per heavy atom. The third-order valence-electron chi connectivity index (χ3n) is 5.22. The van der Waals surface area contributed by atoms with Crippen molar-refractivity contribution < 1.29 is 12.8 Å². The lowest BCUT2D eigenvalue weighted by Gasteiger charge is -2.18. The minimum atomic E-state index is -3.73. The molecule has 2 heterocycles. The van der Waals surface area contributed by atoms with E-state index in [1.54, 1.807) is 12.1 Å². The van der Waals surface area contributed by atoms with Gasteiger partial charge in [-0.25, -0.2) is 12.8 Å². The number of fused-ring (bicyclic) bond motifs is 3. The van der Waals surface area contributed by atoms with Crippen LogP contribution in [0.5, 0.6) is 0 Å². The summed E-state index contributed by atoms with van der Waals surface area (Å²) >= 11 is 0. The molecule has 2 aromatic rings. The lowest BCUT2D eigenvalue weighted by Crippen LogP contribution is -2.25. The van der Waals surface area contributed by atoms with Gasteiger partial charge < -0.3 is 10.6 Å². The summed E-state index contributed by atoms with van der Waals surface area (Å²) in [6.45, 7) is 3.12. The highest BCUT2D eigenvalue weighted by Crippen LogP contribution is 2.42. The van der Waals surface area contributed by atoms with Crippen molar-refractivity contribution in [2.75, 3.05) is 11.9 Å². The van der Waals surface area contributed by atoms with Crippen molar-refractivity contribution in [3.8, 4) is 0 Å². The van der Waals surface area contributed by atoms with Gasteiger partial charge in [-0.3, -0.25) is 0 Å². The van der Waals surface area contributed by atoms with Gasteiger partial charge in [0.1, 0.15) is 5.82 Å². The van der Waals surface area contributed by atoms with Gasteiger partial charge in [-0.15, -0.1) is 0 Å². The zero-order valence-electron chi connectivity index (χ0n) is 14.0. The van der Waals surface area contributed by atoms with Crippen LogP contribution in [0.2, 0.25) is 0 Å². The van der Waals surface area contributed by atoms with Crippen molar-refractivity contribution in [2.45, 2.75) is 47.6 Å². The van der Waals surface area contributed by atoms with Gasteiger partial charge in [-0.05, 0) is 68.3 Å². The van der Waals surface area contributed by atoms with E-state index in [4.69, 9.17) is 0 Å². The summed E-state index contributed by atoms with van der Waals surface area (Å²) < 4.78 is 39.2. The Hall–Kier alpha value is -1.92. The predicted molar refractivity (Wildman–Crippen MR) is 95.1 cm³/mol. The van der Waals surface area contributed by atoms with Crippen LogP contribution in [0.15, 0.2) is 52.3 Å². The van der Waals surface area contributed by atoms with Crippen LogP contribution < -0.4 is 10.6 Å². The maximum Gasteiger partial charge on any atom is 0.206 e. The number of sulfone groups is 1. The molecule has 0 spiro atoms. The summed E-state index contributed by atoms with van der Waals surface area (Å²) in [5.41, 5.74) is 2.07. The Morgan fingerprint density at radius 2 is 1.92 bits per heavy atom. The van der Waals surface area contributed by atoms with Crippen molar-refractivity contribution in [3.63, 3.8) is 0 Å². The van der Waals surface area contributed by atoms with Crippen molar-refractivity contribution in [1.82, 2.24) is 5.32 Å². The van der Waals surface area contributed by atoms with E-state index >= 15 is 0 Å². The van der Waals surface area contributed by atoms with Gasteiger partial charge in [-0.2, -0.15) is 0 Å². The molecule has 0 radical (unpaired) electrons. The Kier molecular flexibility index (Phi) is 4.04. The molecule has 0 bridgehead atoms. The highest BCUT2D eigenvalue weighted by molar-refractivity contribution is 7.91. The molecular formula is C19H21FN2O2S. The van der Waals surface area contributed by atoms with Gasteiger partial charge in [0, 0.05) is 23.7 Å². The largest absolute Gasteiger partial charge is 0.381 e. The molecule has 6 heteroatoms. The summed E-state index contributed by atoms with van der Waals surface area (Å²) in [5, 5.41) is 7.01. The SMILES string of the molecule is CC1C[C@H]2c3cc(S(=O)(=O)c4cccc(F)c4)ccc3NC2CCN1. The highest BCUT2D eigenvalue weighted by Gasteiger charge is 2.35. The van der Waals surface area contributed by atoms with Crippen molar-refractivity contribution >= 4 is 15.5 Å². The van der Waals surface area contributed by atoms with Gasteiger partial charge >= 0.3 is 0 Å². The van der Waals surface area contributed by atoms with Gasteiger partial charge in [0.05, 0.1) is 9.79 Å². The molecule has 0 aromatic heterocycles. The number of hydrogen-bond donors (Lipinski definition) is 2. The molecule has 1 saturated heterocycles. The van der Waals surface area contributed by atoms with E-state index in [1.165, 1.54) is 18.2 Å². The number of benzene rings is 2. The molecule has 2 N–H and O–H groups in total. The first-order valence-electron chi connectivity index (χ1n) is 8.59. The molecule has 0 saturated carbocycles. The first-order valence-corrected chi connectivity index (χ1v) is 10.1. The number of anilines is 1.